The topological polar surface area (TPSA) is 55.1 Å². The Hall–Kier alpha value is -1.62. The minimum atomic E-state index is -0.0981. The standard InChI is InChI=1S/C14H18N2O2S/c1-9(2)13-12(10(3)16-18-13)14(17)15-7-6-11-5-4-8-19-11/h4-5,8-9H,6-7H2,1-3H3,(H,15,17). The molecular weight excluding hydrogens is 260 g/mol. The maximum Gasteiger partial charge on any atom is 0.256 e. The van der Waals surface area contributed by atoms with E-state index >= 15 is 0 Å². The molecule has 0 aliphatic heterocycles. The van der Waals surface area contributed by atoms with Crippen LogP contribution in [0.2, 0.25) is 0 Å². The molecule has 4 nitrogen and oxygen atoms in total. The van der Waals surface area contributed by atoms with E-state index in [-0.39, 0.29) is 11.8 Å². The van der Waals surface area contributed by atoms with Crippen LogP contribution in [0.5, 0.6) is 0 Å². The summed E-state index contributed by atoms with van der Waals surface area (Å²) < 4.78 is 5.22. The van der Waals surface area contributed by atoms with Gasteiger partial charge in [-0.3, -0.25) is 4.79 Å². The number of nitrogens with zero attached hydrogens (tertiary/aromatic N) is 1. The van der Waals surface area contributed by atoms with E-state index in [0.717, 1.165) is 6.42 Å². The molecule has 0 fully saturated rings. The van der Waals surface area contributed by atoms with Gasteiger partial charge in [-0.05, 0) is 24.8 Å². The van der Waals surface area contributed by atoms with Gasteiger partial charge < -0.3 is 9.84 Å². The van der Waals surface area contributed by atoms with Crippen molar-refractivity contribution in [3.8, 4) is 0 Å². The molecule has 2 heterocycles. The van der Waals surface area contributed by atoms with Crippen LogP contribution in [0.1, 0.15) is 46.5 Å². The second-order valence-corrected chi connectivity index (χ2v) is 5.78. The number of carbonyl (C=O) groups excluding carboxylic acids is 1. The molecule has 0 spiro atoms. The lowest BCUT2D eigenvalue weighted by Gasteiger charge is -2.06. The van der Waals surface area contributed by atoms with Gasteiger partial charge in [0.05, 0.1) is 5.69 Å². The van der Waals surface area contributed by atoms with E-state index in [1.54, 1.807) is 18.3 Å². The summed E-state index contributed by atoms with van der Waals surface area (Å²) >= 11 is 1.70. The Labute approximate surface area is 116 Å². The highest BCUT2D eigenvalue weighted by Gasteiger charge is 2.22. The van der Waals surface area contributed by atoms with Crippen molar-refractivity contribution >= 4 is 17.2 Å². The second kappa shape index (κ2) is 6.02. The van der Waals surface area contributed by atoms with Crippen molar-refractivity contribution in [2.75, 3.05) is 6.54 Å². The molecule has 0 aliphatic rings. The lowest BCUT2D eigenvalue weighted by molar-refractivity contribution is 0.0951. The molecule has 0 aliphatic carbocycles. The van der Waals surface area contributed by atoms with E-state index in [1.165, 1.54) is 4.88 Å². The van der Waals surface area contributed by atoms with Crippen molar-refractivity contribution in [3.63, 3.8) is 0 Å². The highest BCUT2D eigenvalue weighted by molar-refractivity contribution is 7.09. The number of hydrogen-bond acceptors (Lipinski definition) is 4. The van der Waals surface area contributed by atoms with Crippen LogP contribution in [-0.2, 0) is 6.42 Å². The van der Waals surface area contributed by atoms with Gasteiger partial charge in [-0.25, -0.2) is 0 Å². The molecule has 2 aromatic rings. The number of carbonyl (C=O) groups is 1. The quantitative estimate of drug-likeness (QED) is 0.914. The molecule has 2 rings (SSSR count). The Morgan fingerprint density at radius 1 is 1.53 bits per heavy atom. The van der Waals surface area contributed by atoms with Crippen molar-refractivity contribution in [3.05, 3.63) is 39.4 Å². The van der Waals surface area contributed by atoms with Gasteiger partial charge in [0.25, 0.3) is 5.91 Å². The molecule has 0 aromatic carbocycles. The van der Waals surface area contributed by atoms with Crippen LogP contribution in [0.25, 0.3) is 0 Å². The summed E-state index contributed by atoms with van der Waals surface area (Å²) in [5, 5.41) is 8.85. The predicted molar refractivity (Wildman–Crippen MR) is 75.7 cm³/mol. The van der Waals surface area contributed by atoms with Crippen LogP contribution >= 0.6 is 11.3 Å². The Morgan fingerprint density at radius 2 is 2.32 bits per heavy atom. The molecule has 0 atom stereocenters. The molecule has 2 aromatic heterocycles. The largest absolute Gasteiger partial charge is 0.360 e. The molecule has 5 heteroatoms. The molecule has 0 bridgehead atoms. The van der Waals surface area contributed by atoms with E-state index in [0.29, 0.717) is 23.6 Å². The third kappa shape index (κ3) is 3.23. The lowest BCUT2D eigenvalue weighted by atomic mass is 10.0. The van der Waals surface area contributed by atoms with Gasteiger partial charge >= 0.3 is 0 Å². The highest BCUT2D eigenvalue weighted by Crippen LogP contribution is 2.22. The number of aromatic nitrogens is 1. The Kier molecular flexibility index (Phi) is 4.37. The van der Waals surface area contributed by atoms with E-state index in [2.05, 4.69) is 16.5 Å². The first kappa shape index (κ1) is 13.8. The monoisotopic (exact) mass is 278 g/mol. The molecule has 19 heavy (non-hydrogen) atoms. The zero-order chi connectivity index (χ0) is 13.8. The van der Waals surface area contributed by atoms with E-state index in [9.17, 15) is 4.79 Å². The molecule has 1 N–H and O–H groups in total. The smallest absolute Gasteiger partial charge is 0.256 e. The fraction of sp³-hybridized carbons (Fsp3) is 0.429. The SMILES string of the molecule is Cc1noc(C(C)C)c1C(=O)NCCc1cccs1. The first-order chi connectivity index (χ1) is 9.09. The average molecular weight is 278 g/mol. The minimum Gasteiger partial charge on any atom is -0.360 e. The van der Waals surface area contributed by atoms with Gasteiger partial charge in [0, 0.05) is 17.3 Å². The predicted octanol–water partition coefficient (Wildman–Crippen LogP) is 3.14. The van der Waals surface area contributed by atoms with Gasteiger partial charge in [0.1, 0.15) is 5.56 Å². The van der Waals surface area contributed by atoms with Crippen LogP contribution in [0.4, 0.5) is 0 Å². The van der Waals surface area contributed by atoms with Crippen LogP contribution in [0, 0.1) is 6.92 Å². The molecule has 0 saturated heterocycles. The molecule has 0 unspecified atom stereocenters. The number of thiophene rings is 1. The van der Waals surface area contributed by atoms with Crippen LogP contribution in [0.3, 0.4) is 0 Å². The van der Waals surface area contributed by atoms with Gasteiger partial charge in [-0.2, -0.15) is 0 Å². The minimum absolute atomic E-state index is 0.0981. The summed E-state index contributed by atoms with van der Waals surface area (Å²) in [6.45, 7) is 6.40. The number of hydrogen-bond donors (Lipinski definition) is 1. The summed E-state index contributed by atoms with van der Waals surface area (Å²) in [6, 6.07) is 4.09. The van der Waals surface area contributed by atoms with Crippen molar-refractivity contribution in [2.24, 2.45) is 0 Å². The van der Waals surface area contributed by atoms with Gasteiger partial charge in [0.15, 0.2) is 5.76 Å². The number of nitrogens with one attached hydrogen (secondary N) is 1. The zero-order valence-electron chi connectivity index (χ0n) is 11.4. The van der Waals surface area contributed by atoms with Crippen LogP contribution < -0.4 is 5.32 Å². The third-order valence-electron chi connectivity index (χ3n) is 2.88. The number of rotatable bonds is 5. The second-order valence-electron chi connectivity index (χ2n) is 4.75. The third-order valence-corrected chi connectivity index (χ3v) is 3.81. The number of aryl methyl sites for hydroxylation is 1. The first-order valence-corrected chi connectivity index (χ1v) is 7.24. The highest BCUT2D eigenvalue weighted by atomic mass is 32.1. The van der Waals surface area contributed by atoms with Crippen molar-refractivity contribution in [2.45, 2.75) is 33.1 Å². The molecule has 1 amide bonds. The molecule has 0 radical (unpaired) electrons. The summed E-state index contributed by atoms with van der Waals surface area (Å²) in [5.74, 6) is 0.712. The zero-order valence-corrected chi connectivity index (χ0v) is 12.2. The van der Waals surface area contributed by atoms with Crippen molar-refractivity contribution in [1.82, 2.24) is 10.5 Å². The maximum absolute atomic E-state index is 12.2. The summed E-state index contributed by atoms with van der Waals surface area (Å²) in [7, 11) is 0. The van der Waals surface area contributed by atoms with Gasteiger partial charge in [0.2, 0.25) is 0 Å². The van der Waals surface area contributed by atoms with Gasteiger partial charge in [-0.1, -0.05) is 25.1 Å². The normalized spacial score (nSPS) is 10.9. The Morgan fingerprint density at radius 3 is 2.95 bits per heavy atom. The fourth-order valence-corrected chi connectivity index (χ4v) is 2.61. The van der Waals surface area contributed by atoms with E-state index in [1.807, 2.05) is 25.3 Å². The van der Waals surface area contributed by atoms with Crippen LogP contribution in [0.15, 0.2) is 22.0 Å². The Bertz CT molecular complexity index is 544. The summed E-state index contributed by atoms with van der Waals surface area (Å²) in [4.78, 5) is 13.4. The Balaban J connectivity index is 1.98. The molecular formula is C14H18N2O2S. The van der Waals surface area contributed by atoms with Gasteiger partial charge in [-0.15, -0.1) is 11.3 Å². The summed E-state index contributed by atoms with van der Waals surface area (Å²) in [6.07, 6.45) is 0.852. The van der Waals surface area contributed by atoms with E-state index < -0.39 is 0 Å². The molecule has 0 saturated carbocycles. The maximum atomic E-state index is 12.2. The average Bonchev–Trinajstić information content (AvgIpc) is 2.98. The van der Waals surface area contributed by atoms with Crippen LogP contribution in [-0.4, -0.2) is 17.6 Å². The lowest BCUT2D eigenvalue weighted by Crippen LogP contribution is -2.26. The first-order valence-electron chi connectivity index (χ1n) is 6.36. The van der Waals surface area contributed by atoms with E-state index in [4.69, 9.17) is 4.52 Å². The molecule has 102 valence electrons. The van der Waals surface area contributed by atoms with Crippen molar-refractivity contribution < 1.29 is 9.32 Å². The number of amides is 1. The summed E-state index contributed by atoms with van der Waals surface area (Å²) in [5.41, 5.74) is 1.23. The van der Waals surface area contributed by atoms with Crippen molar-refractivity contribution in [1.29, 1.82) is 0 Å². The fourth-order valence-electron chi connectivity index (χ4n) is 1.90.